The van der Waals surface area contributed by atoms with E-state index in [4.69, 9.17) is 4.42 Å². The van der Waals surface area contributed by atoms with Crippen molar-refractivity contribution in [1.82, 2.24) is 10.2 Å². The summed E-state index contributed by atoms with van der Waals surface area (Å²) in [7, 11) is 0. The highest BCUT2D eigenvalue weighted by Crippen LogP contribution is 2.26. The summed E-state index contributed by atoms with van der Waals surface area (Å²) in [6.07, 6.45) is 6.20. The molecule has 1 amide bonds. The van der Waals surface area contributed by atoms with Crippen molar-refractivity contribution >= 4 is 5.91 Å². The van der Waals surface area contributed by atoms with E-state index < -0.39 is 0 Å². The van der Waals surface area contributed by atoms with Crippen molar-refractivity contribution in [1.29, 1.82) is 0 Å². The van der Waals surface area contributed by atoms with Crippen LogP contribution in [0.25, 0.3) is 0 Å². The maximum absolute atomic E-state index is 12.3. The van der Waals surface area contributed by atoms with Crippen molar-refractivity contribution in [2.24, 2.45) is 0 Å². The van der Waals surface area contributed by atoms with Crippen LogP contribution < -0.4 is 5.32 Å². The molecule has 2 fully saturated rings. The van der Waals surface area contributed by atoms with Crippen LogP contribution in [0.4, 0.5) is 0 Å². The van der Waals surface area contributed by atoms with E-state index in [1.807, 2.05) is 4.90 Å². The largest absolute Gasteiger partial charge is 0.459 e. The van der Waals surface area contributed by atoms with Crippen LogP contribution in [0.5, 0.6) is 0 Å². The van der Waals surface area contributed by atoms with Gasteiger partial charge in [-0.25, -0.2) is 0 Å². The summed E-state index contributed by atoms with van der Waals surface area (Å²) in [5, 5.41) is 3.50. The SMILES string of the molecule is O=C(c1ccco1)N1CCCC1C1CCCN1. The summed E-state index contributed by atoms with van der Waals surface area (Å²) in [6, 6.07) is 4.36. The molecule has 0 bridgehead atoms. The average Bonchev–Trinajstić information content (AvgIpc) is 3.09. The Morgan fingerprint density at radius 3 is 3.06 bits per heavy atom. The molecule has 2 aliphatic rings. The summed E-state index contributed by atoms with van der Waals surface area (Å²) in [6.45, 7) is 1.95. The first-order valence-electron chi connectivity index (χ1n) is 6.44. The van der Waals surface area contributed by atoms with Crippen LogP contribution in [0.3, 0.4) is 0 Å². The first-order valence-corrected chi connectivity index (χ1v) is 6.44. The van der Waals surface area contributed by atoms with Crippen LogP contribution >= 0.6 is 0 Å². The molecule has 17 heavy (non-hydrogen) atoms. The minimum atomic E-state index is 0.0474. The van der Waals surface area contributed by atoms with E-state index >= 15 is 0 Å². The van der Waals surface area contributed by atoms with Gasteiger partial charge in [-0.05, 0) is 44.4 Å². The number of rotatable bonds is 2. The fourth-order valence-electron chi connectivity index (χ4n) is 3.04. The van der Waals surface area contributed by atoms with E-state index in [1.54, 1.807) is 18.4 Å². The molecule has 2 unspecified atom stereocenters. The van der Waals surface area contributed by atoms with Gasteiger partial charge in [0.2, 0.25) is 0 Å². The van der Waals surface area contributed by atoms with Crippen molar-refractivity contribution in [2.75, 3.05) is 13.1 Å². The van der Waals surface area contributed by atoms with Gasteiger partial charge in [0.05, 0.1) is 6.26 Å². The molecule has 92 valence electrons. The van der Waals surface area contributed by atoms with Crippen LogP contribution in [0.1, 0.15) is 36.2 Å². The fraction of sp³-hybridized carbons (Fsp3) is 0.615. The predicted octanol–water partition coefficient (Wildman–Crippen LogP) is 1.64. The second-order valence-corrected chi connectivity index (χ2v) is 4.89. The van der Waals surface area contributed by atoms with Crippen LogP contribution in [0.15, 0.2) is 22.8 Å². The molecule has 4 nitrogen and oxygen atoms in total. The van der Waals surface area contributed by atoms with Crippen molar-refractivity contribution in [3.8, 4) is 0 Å². The standard InChI is InChI=1S/C13H18N2O2/c16-13(12-6-3-9-17-12)15-8-2-5-11(15)10-4-1-7-14-10/h3,6,9-11,14H,1-2,4-5,7-8H2. The summed E-state index contributed by atoms with van der Waals surface area (Å²) < 4.78 is 5.21. The quantitative estimate of drug-likeness (QED) is 0.846. The third kappa shape index (κ3) is 1.97. The van der Waals surface area contributed by atoms with Crippen molar-refractivity contribution in [3.63, 3.8) is 0 Å². The molecule has 1 aromatic rings. The molecule has 2 saturated heterocycles. The molecular weight excluding hydrogens is 216 g/mol. The Kier molecular flexibility index (Phi) is 2.89. The number of hydrogen-bond donors (Lipinski definition) is 1. The van der Waals surface area contributed by atoms with Crippen molar-refractivity contribution in [2.45, 2.75) is 37.8 Å². The van der Waals surface area contributed by atoms with Crippen LogP contribution in [0.2, 0.25) is 0 Å². The maximum Gasteiger partial charge on any atom is 0.289 e. The van der Waals surface area contributed by atoms with Gasteiger partial charge in [-0.3, -0.25) is 4.79 Å². The van der Waals surface area contributed by atoms with Crippen LogP contribution in [0, 0.1) is 0 Å². The first kappa shape index (κ1) is 10.8. The molecule has 1 aromatic heterocycles. The second-order valence-electron chi connectivity index (χ2n) is 4.89. The van der Waals surface area contributed by atoms with Crippen LogP contribution in [-0.4, -0.2) is 36.0 Å². The third-order valence-electron chi connectivity index (χ3n) is 3.85. The number of hydrogen-bond acceptors (Lipinski definition) is 3. The predicted molar refractivity (Wildman–Crippen MR) is 63.8 cm³/mol. The fourth-order valence-corrected chi connectivity index (χ4v) is 3.04. The van der Waals surface area contributed by atoms with E-state index in [1.165, 1.54) is 12.8 Å². The van der Waals surface area contributed by atoms with Gasteiger partial charge in [0.25, 0.3) is 5.91 Å². The number of amides is 1. The first-order chi connectivity index (χ1) is 8.36. The molecule has 4 heteroatoms. The van der Waals surface area contributed by atoms with Gasteiger partial charge in [0.15, 0.2) is 5.76 Å². The maximum atomic E-state index is 12.3. The zero-order valence-electron chi connectivity index (χ0n) is 9.89. The smallest absolute Gasteiger partial charge is 0.289 e. The van der Waals surface area contributed by atoms with Gasteiger partial charge in [-0.2, -0.15) is 0 Å². The molecule has 2 atom stereocenters. The van der Waals surface area contributed by atoms with Gasteiger partial charge in [0.1, 0.15) is 0 Å². The molecule has 0 spiro atoms. The average molecular weight is 234 g/mol. The van der Waals surface area contributed by atoms with Gasteiger partial charge in [-0.15, -0.1) is 0 Å². The molecule has 2 aliphatic heterocycles. The highest BCUT2D eigenvalue weighted by molar-refractivity contribution is 5.91. The van der Waals surface area contributed by atoms with Crippen molar-refractivity contribution in [3.05, 3.63) is 24.2 Å². The Morgan fingerprint density at radius 1 is 1.41 bits per heavy atom. The highest BCUT2D eigenvalue weighted by Gasteiger charge is 2.36. The number of nitrogens with zero attached hydrogens (tertiary/aromatic N) is 1. The second kappa shape index (κ2) is 4.53. The normalized spacial score (nSPS) is 28.8. The summed E-state index contributed by atoms with van der Waals surface area (Å²) in [5.41, 5.74) is 0. The Bertz CT molecular complexity index is 382. The van der Waals surface area contributed by atoms with Gasteiger partial charge in [-0.1, -0.05) is 0 Å². The van der Waals surface area contributed by atoms with E-state index in [9.17, 15) is 4.79 Å². The highest BCUT2D eigenvalue weighted by atomic mass is 16.3. The molecule has 0 radical (unpaired) electrons. The number of carbonyl (C=O) groups is 1. The zero-order chi connectivity index (χ0) is 11.7. The number of nitrogens with one attached hydrogen (secondary N) is 1. The summed E-state index contributed by atoms with van der Waals surface area (Å²) >= 11 is 0. The lowest BCUT2D eigenvalue weighted by atomic mass is 10.0. The molecular formula is C13H18N2O2. The topological polar surface area (TPSA) is 45.5 Å². The molecule has 3 heterocycles. The lowest BCUT2D eigenvalue weighted by Gasteiger charge is -2.28. The Labute approximate surface area is 101 Å². The zero-order valence-corrected chi connectivity index (χ0v) is 9.89. The molecule has 3 rings (SSSR count). The lowest BCUT2D eigenvalue weighted by molar-refractivity contribution is 0.0679. The molecule has 0 aliphatic carbocycles. The van der Waals surface area contributed by atoms with Gasteiger partial charge >= 0.3 is 0 Å². The van der Waals surface area contributed by atoms with Gasteiger partial charge < -0.3 is 14.6 Å². The number of carbonyl (C=O) groups excluding carboxylic acids is 1. The lowest BCUT2D eigenvalue weighted by Crippen LogP contribution is -2.46. The van der Waals surface area contributed by atoms with Gasteiger partial charge in [0, 0.05) is 18.6 Å². The number of furan rings is 1. The van der Waals surface area contributed by atoms with E-state index in [0.717, 1.165) is 25.9 Å². The third-order valence-corrected chi connectivity index (χ3v) is 3.85. The molecule has 1 N–H and O–H groups in total. The minimum absolute atomic E-state index is 0.0474. The van der Waals surface area contributed by atoms with E-state index in [0.29, 0.717) is 17.8 Å². The van der Waals surface area contributed by atoms with Crippen molar-refractivity contribution < 1.29 is 9.21 Å². The monoisotopic (exact) mass is 234 g/mol. The molecule has 0 aromatic carbocycles. The summed E-state index contributed by atoms with van der Waals surface area (Å²) in [5.74, 6) is 0.515. The molecule has 0 saturated carbocycles. The Balaban J connectivity index is 1.75. The van der Waals surface area contributed by atoms with E-state index in [-0.39, 0.29) is 5.91 Å². The Morgan fingerprint density at radius 2 is 2.35 bits per heavy atom. The van der Waals surface area contributed by atoms with Crippen LogP contribution in [-0.2, 0) is 0 Å². The number of likely N-dealkylation sites (tertiary alicyclic amines) is 1. The minimum Gasteiger partial charge on any atom is -0.459 e. The summed E-state index contributed by atoms with van der Waals surface area (Å²) in [4.78, 5) is 14.3. The van der Waals surface area contributed by atoms with E-state index in [2.05, 4.69) is 5.32 Å². The Hall–Kier alpha value is -1.29.